The zero-order valence-electron chi connectivity index (χ0n) is 16.0. The van der Waals surface area contributed by atoms with E-state index in [4.69, 9.17) is 4.74 Å². The summed E-state index contributed by atoms with van der Waals surface area (Å²) in [5.41, 5.74) is 5.17. The van der Waals surface area contributed by atoms with E-state index in [9.17, 15) is 18.0 Å². The van der Waals surface area contributed by atoms with E-state index in [1.165, 1.54) is 4.31 Å². The molecule has 1 fully saturated rings. The predicted octanol–water partition coefficient (Wildman–Crippen LogP) is 2.01. The third-order valence-corrected chi connectivity index (χ3v) is 7.81. The number of carbonyl (C=O) groups is 2. The standard InChI is InChI=1S/C19H23N3O5S2/c1-2-27-16-9-7-14(8-10-16)18(23)20-21-19(24)15-5-3-11-22(13-15)29(25,26)17-6-4-12-28-17/h4,6-10,12,15H,2-3,5,11,13H2,1H3,(H,20,23)(H,21,24). The molecule has 1 aliphatic rings. The lowest BCUT2D eigenvalue weighted by Crippen LogP contribution is -2.49. The Bertz CT molecular complexity index is 943. The fourth-order valence-electron chi connectivity index (χ4n) is 3.07. The first-order valence-corrected chi connectivity index (χ1v) is 11.6. The molecule has 1 unspecified atom stereocenters. The number of nitrogens with one attached hydrogen (secondary N) is 2. The molecule has 3 rings (SSSR count). The van der Waals surface area contributed by atoms with Crippen molar-refractivity contribution in [3.05, 3.63) is 47.3 Å². The van der Waals surface area contributed by atoms with Gasteiger partial charge in [0.1, 0.15) is 9.96 Å². The van der Waals surface area contributed by atoms with E-state index >= 15 is 0 Å². The van der Waals surface area contributed by atoms with E-state index in [2.05, 4.69) is 10.9 Å². The van der Waals surface area contributed by atoms with Gasteiger partial charge in [0.05, 0.1) is 12.5 Å². The van der Waals surface area contributed by atoms with Crippen LogP contribution in [-0.2, 0) is 14.8 Å². The van der Waals surface area contributed by atoms with Gasteiger partial charge in [-0.05, 0) is 55.5 Å². The molecule has 1 atom stereocenters. The molecular formula is C19H23N3O5S2. The van der Waals surface area contributed by atoms with Crippen LogP contribution < -0.4 is 15.6 Å². The molecule has 0 radical (unpaired) electrons. The minimum absolute atomic E-state index is 0.0883. The van der Waals surface area contributed by atoms with Crippen LogP contribution in [0.1, 0.15) is 30.1 Å². The molecule has 0 bridgehead atoms. The fraction of sp³-hybridized carbons (Fsp3) is 0.368. The van der Waals surface area contributed by atoms with Crippen molar-refractivity contribution in [3.63, 3.8) is 0 Å². The van der Waals surface area contributed by atoms with Gasteiger partial charge in [-0.2, -0.15) is 4.31 Å². The van der Waals surface area contributed by atoms with Gasteiger partial charge in [-0.15, -0.1) is 11.3 Å². The van der Waals surface area contributed by atoms with E-state index < -0.39 is 27.8 Å². The average molecular weight is 438 g/mol. The normalized spacial score (nSPS) is 17.5. The SMILES string of the molecule is CCOc1ccc(C(=O)NNC(=O)C2CCCN(S(=O)(=O)c3cccs3)C2)cc1. The molecule has 1 saturated heterocycles. The van der Waals surface area contributed by atoms with Gasteiger partial charge in [0.2, 0.25) is 5.91 Å². The van der Waals surface area contributed by atoms with Gasteiger partial charge >= 0.3 is 0 Å². The Morgan fingerprint density at radius 2 is 1.97 bits per heavy atom. The number of carbonyl (C=O) groups excluding carboxylic acids is 2. The van der Waals surface area contributed by atoms with Crippen LogP contribution in [0, 0.1) is 5.92 Å². The maximum Gasteiger partial charge on any atom is 0.269 e. The molecule has 156 valence electrons. The van der Waals surface area contributed by atoms with Crippen LogP contribution in [0.2, 0.25) is 0 Å². The van der Waals surface area contributed by atoms with Crippen molar-refractivity contribution < 1.29 is 22.7 Å². The molecule has 1 aromatic carbocycles. The van der Waals surface area contributed by atoms with Gasteiger partial charge in [0.15, 0.2) is 0 Å². The topological polar surface area (TPSA) is 105 Å². The Morgan fingerprint density at radius 1 is 1.21 bits per heavy atom. The Morgan fingerprint density at radius 3 is 2.62 bits per heavy atom. The van der Waals surface area contributed by atoms with E-state index in [0.29, 0.717) is 37.3 Å². The molecule has 1 aliphatic heterocycles. The molecule has 2 heterocycles. The Kier molecular flexibility index (Phi) is 6.88. The number of sulfonamides is 1. The second-order valence-corrected chi connectivity index (χ2v) is 9.65. The fourth-order valence-corrected chi connectivity index (χ4v) is 5.74. The van der Waals surface area contributed by atoms with Crippen LogP contribution in [0.25, 0.3) is 0 Å². The number of nitrogens with zero attached hydrogens (tertiary/aromatic N) is 1. The summed E-state index contributed by atoms with van der Waals surface area (Å²) in [6, 6.07) is 9.79. The first-order chi connectivity index (χ1) is 13.9. The van der Waals surface area contributed by atoms with Gasteiger partial charge < -0.3 is 4.74 Å². The molecule has 2 N–H and O–H groups in total. The average Bonchev–Trinajstić information content (AvgIpc) is 3.28. The number of thiophene rings is 1. The van der Waals surface area contributed by atoms with Crippen molar-refractivity contribution in [1.29, 1.82) is 0 Å². The van der Waals surface area contributed by atoms with Crippen molar-refractivity contribution in [3.8, 4) is 5.75 Å². The minimum Gasteiger partial charge on any atom is -0.494 e. The molecule has 0 aliphatic carbocycles. The van der Waals surface area contributed by atoms with Gasteiger partial charge in [0, 0.05) is 18.7 Å². The van der Waals surface area contributed by atoms with Gasteiger partial charge in [-0.3, -0.25) is 20.4 Å². The zero-order chi connectivity index (χ0) is 20.9. The molecule has 0 saturated carbocycles. The lowest BCUT2D eigenvalue weighted by molar-refractivity contribution is -0.126. The molecule has 8 nitrogen and oxygen atoms in total. The first-order valence-electron chi connectivity index (χ1n) is 9.28. The maximum atomic E-state index is 12.7. The second kappa shape index (κ2) is 9.38. The summed E-state index contributed by atoms with van der Waals surface area (Å²) in [5.74, 6) is -0.739. The Labute approximate surface area is 173 Å². The number of hydrogen-bond acceptors (Lipinski definition) is 6. The lowest BCUT2D eigenvalue weighted by atomic mass is 9.99. The lowest BCUT2D eigenvalue weighted by Gasteiger charge is -2.30. The molecule has 10 heteroatoms. The first kappa shape index (κ1) is 21.3. The van der Waals surface area contributed by atoms with Crippen LogP contribution in [0.15, 0.2) is 46.0 Å². The summed E-state index contributed by atoms with van der Waals surface area (Å²) in [7, 11) is -3.60. The minimum atomic E-state index is -3.60. The maximum absolute atomic E-state index is 12.7. The van der Waals surface area contributed by atoms with Crippen LogP contribution in [0.4, 0.5) is 0 Å². The van der Waals surface area contributed by atoms with Crippen LogP contribution in [0.5, 0.6) is 5.75 Å². The van der Waals surface area contributed by atoms with Crippen LogP contribution in [-0.4, -0.2) is 44.2 Å². The van der Waals surface area contributed by atoms with Gasteiger partial charge in [-0.25, -0.2) is 8.42 Å². The van der Waals surface area contributed by atoms with Crippen LogP contribution >= 0.6 is 11.3 Å². The largest absolute Gasteiger partial charge is 0.494 e. The van der Waals surface area contributed by atoms with Crippen molar-refractivity contribution in [1.82, 2.24) is 15.2 Å². The Hall–Kier alpha value is -2.43. The number of hydrogen-bond donors (Lipinski definition) is 2. The summed E-state index contributed by atoms with van der Waals surface area (Å²) < 4.78 is 32.3. The smallest absolute Gasteiger partial charge is 0.269 e. The second-order valence-electron chi connectivity index (χ2n) is 6.54. The van der Waals surface area contributed by atoms with Gasteiger partial charge in [-0.1, -0.05) is 6.07 Å². The highest BCUT2D eigenvalue weighted by Crippen LogP contribution is 2.26. The van der Waals surface area contributed by atoms with Crippen molar-refractivity contribution >= 4 is 33.2 Å². The number of ether oxygens (including phenoxy) is 1. The van der Waals surface area contributed by atoms with Crippen molar-refractivity contribution in [2.24, 2.45) is 5.92 Å². The molecule has 1 aromatic heterocycles. The van der Waals surface area contributed by atoms with Crippen molar-refractivity contribution in [2.75, 3.05) is 19.7 Å². The van der Waals surface area contributed by atoms with Crippen LogP contribution in [0.3, 0.4) is 0 Å². The molecule has 0 spiro atoms. The van der Waals surface area contributed by atoms with E-state index in [-0.39, 0.29) is 10.8 Å². The predicted molar refractivity (Wildman–Crippen MR) is 109 cm³/mol. The third kappa shape index (κ3) is 5.14. The summed E-state index contributed by atoms with van der Waals surface area (Å²) in [5, 5.41) is 1.71. The molecular weight excluding hydrogens is 414 g/mol. The number of amides is 2. The summed E-state index contributed by atoms with van der Waals surface area (Å²) in [6.45, 7) is 2.87. The summed E-state index contributed by atoms with van der Waals surface area (Å²) >= 11 is 1.15. The van der Waals surface area contributed by atoms with E-state index in [0.717, 1.165) is 11.3 Å². The highest BCUT2D eigenvalue weighted by Gasteiger charge is 2.33. The number of benzene rings is 1. The summed E-state index contributed by atoms with van der Waals surface area (Å²) in [6.07, 6.45) is 1.14. The highest BCUT2D eigenvalue weighted by molar-refractivity contribution is 7.91. The van der Waals surface area contributed by atoms with E-state index in [1.807, 2.05) is 6.92 Å². The molecule has 2 amide bonds. The van der Waals surface area contributed by atoms with Gasteiger partial charge in [0.25, 0.3) is 15.9 Å². The van der Waals surface area contributed by atoms with E-state index in [1.54, 1.807) is 41.8 Å². The highest BCUT2D eigenvalue weighted by atomic mass is 32.2. The third-order valence-electron chi connectivity index (χ3n) is 4.57. The molecule has 29 heavy (non-hydrogen) atoms. The Balaban J connectivity index is 1.55. The number of piperidine rings is 1. The number of hydrazine groups is 1. The van der Waals surface area contributed by atoms with Crippen molar-refractivity contribution in [2.45, 2.75) is 24.0 Å². The summed E-state index contributed by atoms with van der Waals surface area (Å²) in [4.78, 5) is 24.7. The monoisotopic (exact) mass is 437 g/mol. The quantitative estimate of drug-likeness (QED) is 0.673. The zero-order valence-corrected chi connectivity index (χ0v) is 17.6. The number of rotatable bonds is 6. The molecule has 2 aromatic rings.